The van der Waals surface area contributed by atoms with Crippen LogP contribution in [0.5, 0.6) is 0 Å². The second kappa shape index (κ2) is 4.98. The maximum absolute atomic E-state index is 11.6. The van der Waals surface area contributed by atoms with Gasteiger partial charge >= 0.3 is 0 Å². The number of hydrogen-bond acceptors (Lipinski definition) is 3. The van der Waals surface area contributed by atoms with Crippen LogP contribution in [-0.4, -0.2) is 30.9 Å². The summed E-state index contributed by atoms with van der Waals surface area (Å²) < 4.78 is 5.25. The number of likely N-dealkylation sites (N-methyl/N-ethyl adjacent to an activating group) is 1. The molecule has 0 aliphatic heterocycles. The second-order valence-corrected chi connectivity index (χ2v) is 3.86. The summed E-state index contributed by atoms with van der Waals surface area (Å²) in [6.07, 6.45) is 1.63. The third-order valence-electron chi connectivity index (χ3n) is 2.28. The largest absolute Gasteiger partial charge is 0.468 e. The minimum absolute atomic E-state index is 0.0406. The van der Waals surface area contributed by atoms with Crippen LogP contribution in [0, 0.1) is 0 Å². The molecule has 1 aromatic rings. The van der Waals surface area contributed by atoms with Gasteiger partial charge in [-0.25, -0.2) is 0 Å². The van der Waals surface area contributed by atoms with Crippen LogP contribution in [0.2, 0.25) is 0 Å². The summed E-state index contributed by atoms with van der Waals surface area (Å²) in [5.41, 5.74) is 0. The summed E-state index contributed by atoms with van der Waals surface area (Å²) in [6, 6.07) is 3.57. The lowest BCUT2D eigenvalue weighted by Gasteiger charge is -2.21. The average Bonchev–Trinajstić information content (AvgIpc) is 2.68. The molecule has 4 nitrogen and oxygen atoms in total. The molecule has 1 rings (SSSR count). The van der Waals surface area contributed by atoms with E-state index in [1.54, 1.807) is 25.3 Å². The summed E-state index contributed by atoms with van der Waals surface area (Å²) >= 11 is 0. The van der Waals surface area contributed by atoms with Crippen molar-refractivity contribution in [1.82, 2.24) is 10.2 Å². The normalized spacial score (nSPS) is 14.7. The number of nitrogens with one attached hydrogen (secondary N) is 1. The van der Waals surface area contributed by atoms with Gasteiger partial charge in [-0.2, -0.15) is 0 Å². The van der Waals surface area contributed by atoms with E-state index in [0.29, 0.717) is 0 Å². The van der Waals surface area contributed by atoms with Crippen molar-refractivity contribution in [2.45, 2.75) is 25.9 Å². The fourth-order valence-corrected chi connectivity index (χ4v) is 1.45. The fraction of sp³-hybridized carbons (Fsp3) is 0.545. The molecule has 0 radical (unpaired) electrons. The molecule has 0 bridgehead atoms. The van der Waals surface area contributed by atoms with Crippen LogP contribution < -0.4 is 5.32 Å². The molecule has 84 valence electrons. The highest BCUT2D eigenvalue weighted by Crippen LogP contribution is 2.13. The van der Waals surface area contributed by atoms with Gasteiger partial charge in [-0.3, -0.25) is 10.1 Å². The third-order valence-corrected chi connectivity index (χ3v) is 2.28. The number of amides is 1. The zero-order chi connectivity index (χ0) is 11.4. The number of carbonyl (C=O) groups is 1. The van der Waals surface area contributed by atoms with E-state index in [2.05, 4.69) is 5.32 Å². The first-order valence-electron chi connectivity index (χ1n) is 5.03. The van der Waals surface area contributed by atoms with E-state index in [0.717, 1.165) is 5.76 Å². The Labute approximate surface area is 90.3 Å². The van der Waals surface area contributed by atoms with Crippen LogP contribution in [0.3, 0.4) is 0 Å². The zero-order valence-electron chi connectivity index (χ0n) is 9.65. The molecule has 1 heterocycles. The third kappa shape index (κ3) is 3.09. The molecule has 0 aliphatic carbocycles. The SMILES string of the molecule is CC(N[C@@H](C)c1ccco1)C(=O)N(C)C. The molecule has 1 N–H and O–H groups in total. The van der Waals surface area contributed by atoms with Gasteiger partial charge in [0.15, 0.2) is 0 Å². The smallest absolute Gasteiger partial charge is 0.238 e. The maximum Gasteiger partial charge on any atom is 0.238 e. The summed E-state index contributed by atoms with van der Waals surface area (Å²) in [4.78, 5) is 13.2. The molecule has 1 amide bonds. The molecule has 0 aromatic carbocycles. The topological polar surface area (TPSA) is 45.5 Å². The van der Waals surface area contributed by atoms with Gasteiger partial charge < -0.3 is 9.32 Å². The van der Waals surface area contributed by atoms with Gasteiger partial charge in [0.1, 0.15) is 5.76 Å². The molecule has 0 aliphatic rings. The van der Waals surface area contributed by atoms with Gasteiger partial charge in [0, 0.05) is 14.1 Å². The Morgan fingerprint density at radius 1 is 1.47 bits per heavy atom. The minimum Gasteiger partial charge on any atom is -0.468 e. The lowest BCUT2D eigenvalue weighted by Crippen LogP contribution is -2.42. The molecular formula is C11H18N2O2. The quantitative estimate of drug-likeness (QED) is 0.817. The van der Waals surface area contributed by atoms with Gasteiger partial charge in [-0.05, 0) is 26.0 Å². The summed E-state index contributed by atoms with van der Waals surface area (Å²) in [7, 11) is 3.50. The highest BCUT2D eigenvalue weighted by atomic mass is 16.3. The van der Waals surface area contributed by atoms with Crippen molar-refractivity contribution >= 4 is 5.91 Å². The Hall–Kier alpha value is -1.29. The van der Waals surface area contributed by atoms with Crippen molar-refractivity contribution in [1.29, 1.82) is 0 Å². The Balaban J connectivity index is 2.52. The Bertz CT molecular complexity index is 306. The van der Waals surface area contributed by atoms with E-state index < -0.39 is 0 Å². The molecule has 2 atom stereocenters. The Morgan fingerprint density at radius 2 is 2.13 bits per heavy atom. The molecular weight excluding hydrogens is 192 g/mol. The van der Waals surface area contributed by atoms with Crippen LogP contribution >= 0.6 is 0 Å². The summed E-state index contributed by atoms with van der Waals surface area (Å²) in [5.74, 6) is 0.904. The van der Waals surface area contributed by atoms with Crippen LogP contribution in [-0.2, 0) is 4.79 Å². The van der Waals surface area contributed by atoms with E-state index in [4.69, 9.17) is 4.42 Å². The lowest BCUT2D eigenvalue weighted by molar-refractivity contribution is -0.130. The second-order valence-electron chi connectivity index (χ2n) is 3.86. The molecule has 0 fully saturated rings. The van der Waals surface area contributed by atoms with Crippen molar-refractivity contribution in [2.24, 2.45) is 0 Å². The molecule has 0 spiro atoms. The first-order valence-corrected chi connectivity index (χ1v) is 5.03. The number of nitrogens with zero attached hydrogens (tertiary/aromatic N) is 1. The fourth-order valence-electron chi connectivity index (χ4n) is 1.45. The van der Waals surface area contributed by atoms with Crippen LogP contribution in [0.15, 0.2) is 22.8 Å². The van der Waals surface area contributed by atoms with Crippen molar-refractivity contribution in [3.63, 3.8) is 0 Å². The van der Waals surface area contributed by atoms with Crippen molar-refractivity contribution in [3.8, 4) is 0 Å². The average molecular weight is 210 g/mol. The van der Waals surface area contributed by atoms with E-state index in [1.165, 1.54) is 0 Å². The molecule has 0 saturated carbocycles. The van der Waals surface area contributed by atoms with Gasteiger partial charge in [0.25, 0.3) is 0 Å². The van der Waals surface area contributed by atoms with Crippen LogP contribution in [0.25, 0.3) is 0 Å². The van der Waals surface area contributed by atoms with E-state index >= 15 is 0 Å². The van der Waals surface area contributed by atoms with Crippen molar-refractivity contribution in [2.75, 3.05) is 14.1 Å². The molecule has 15 heavy (non-hydrogen) atoms. The van der Waals surface area contributed by atoms with Crippen molar-refractivity contribution < 1.29 is 9.21 Å². The van der Waals surface area contributed by atoms with Crippen LogP contribution in [0.1, 0.15) is 25.6 Å². The molecule has 0 saturated heterocycles. The number of rotatable bonds is 4. The van der Waals surface area contributed by atoms with Crippen molar-refractivity contribution in [3.05, 3.63) is 24.2 Å². The number of furan rings is 1. The van der Waals surface area contributed by atoms with Crippen LogP contribution in [0.4, 0.5) is 0 Å². The van der Waals surface area contributed by atoms with E-state index in [-0.39, 0.29) is 18.0 Å². The standard InChI is InChI=1S/C11H18N2O2/c1-8(10-6-5-7-15-10)12-9(2)11(14)13(3)4/h5-9,12H,1-4H3/t8-,9?/m0/s1. The first-order chi connectivity index (χ1) is 7.02. The van der Waals surface area contributed by atoms with E-state index in [1.807, 2.05) is 26.0 Å². The highest BCUT2D eigenvalue weighted by molar-refractivity contribution is 5.80. The highest BCUT2D eigenvalue weighted by Gasteiger charge is 2.18. The first kappa shape index (κ1) is 11.8. The Morgan fingerprint density at radius 3 is 2.60 bits per heavy atom. The summed E-state index contributed by atoms with van der Waals surface area (Å²) in [6.45, 7) is 3.82. The number of hydrogen-bond donors (Lipinski definition) is 1. The minimum atomic E-state index is -0.208. The molecule has 1 unspecified atom stereocenters. The maximum atomic E-state index is 11.6. The van der Waals surface area contributed by atoms with Gasteiger partial charge in [-0.15, -0.1) is 0 Å². The Kier molecular flexibility index (Phi) is 3.91. The van der Waals surface area contributed by atoms with Gasteiger partial charge in [0.05, 0.1) is 18.3 Å². The zero-order valence-corrected chi connectivity index (χ0v) is 9.65. The van der Waals surface area contributed by atoms with Gasteiger partial charge in [0.2, 0.25) is 5.91 Å². The summed E-state index contributed by atoms with van der Waals surface area (Å²) in [5, 5.41) is 3.18. The monoisotopic (exact) mass is 210 g/mol. The molecule has 1 aromatic heterocycles. The predicted octanol–water partition coefficient (Wildman–Crippen LogP) is 1.41. The predicted molar refractivity (Wildman–Crippen MR) is 58.4 cm³/mol. The lowest BCUT2D eigenvalue weighted by atomic mass is 10.2. The molecule has 4 heteroatoms. The van der Waals surface area contributed by atoms with E-state index in [9.17, 15) is 4.79 Å². The number of carbonyl (C=O) groups excluding carboxylic acids is 1. The van der Waals surface area contributed by atoms with Gasteiger partial charge in [-0.1, -0.05) is 0 Å².